The Hall–Kier alpha value is -3.21. The molecule has 0 aliphatic rings. The first-order valence-corrected chi connectivity index (χ1v) is 8.20. The highest BCUT2D eigenvalue weighted by molar-refractivity contribution is 6.05. The molecule has 3 aromatic rings. The Morgan fingerprint density at radius 1 is 1.00 bits per heavy atom. The van der Waals surface area contributed by atoms with E-state index < -0.39 is 0 Å². The Bertz CT molecular complexity index is 830. The summed E-state index contributed by atoms with van der Waals surface area (Å²) in [6.45, 7) is 4.55. The van der Waals surface area contributed by atoms with Gasteiger partial charge < -0.3 is 10.2 Å². The fraction of sp³-hybridized carbons (Fsp3) is 0.150. The molecule has 25 heavy (non-hydrogen) atoms. The average Bonchev–Trinajstić information content (AvgIpc) is 2.66. The SMILES string of the molecule is CCN(C(=O)c1cnc(Nc2ccc(C)cc2)nc1)c1ccccc1. The molecule has 0 saturated heterocycles. The van der Waals surface area contributed by atoms with E-state index in [1.165, 1.54) is 5.56 Å². The number of carbonyl (C=O) groups is 1. The van der Waals surface area contributed by atoms with Gasteiger partial charge in [0, 0.05) is 30.3 Å². The molecule has 126 valence electrons. The van der Waals surface area contributed by atoms with Crippen LogP contribution in [0.1, 0.15) is 22.8 Å². The first-order valence-electron chi connectivity index (χ1n) is 8.20. The average molecular weight is 332 g/mol. The van der Waals surface area contributed by atoms with Gasteiger partial charge in [0.05, 0.1) is 5.56 Å². The van der Waals surface area contributed by atoms with Crippen molar-refractivity contribution in [3.63, 3.8) is 0 Å². The molecule has 0 spiro atoms. The van der Waals surface area contributed by atoms with Crippen LogP contribution in [0.5, 0.6) is 0 Å². The first-order chi connectivity index (χ1) is 12.2. The lowest BCUT2D eigenvalue weighted by Gasteiger charge is -2.20. The molecule has 0 unspecified atom stereocenters. The number of rotatable bonds is 5. The highest BCUT2D eigenvalue weighted by Gasteiger charge is 2.16. The molecule has 0 bridgehead atoms. The first kappa shape index (κ1) is 16.6. The minimum Gasteiger partial charge on any atom is -0.324 e. The zero-order valence-electron chi connectivity index (χ0n) is 14.3. The summed E-state index contributed by atoms with van der Waals surface area (Å²) in [5, 5.41) is 3.13. The molecular weight excluding hydrogens is 312 g/mol. The van der Waals surface area contributed by atoms with Crippen molar-refractivity contribution < 1.29 is 4.79 Å². The van der Waals surface area contributed by atoms with Crippen LogP contribution < -0.4 is 10.2 Å². The molecule has 0 fully saturated rings. The second-order valence-electron chi connectivity index (χ2n) is 5.67. The van der Waals surface area contributed by atoms with E-state index >= 15 is 0 Å². The molecule has 0 atom stereocenters. The topological polar surface area (TPSA) is 58.1 Å². The smallest absolute Gasteiger partial charge is 0.261 e. The molecule has 0 radical (unpaired) electrons. The van der Waals surface area contributed by atoms with Crippen LogP contribution in [0, 0.1) is 6.92 Å². The second kappa shape index (κ2) is 7.57. The van der Waals surface area contributed by atoms with Crippen LogP contribution in [0.15, 0.2) is 67.0 Å². The van der Waals surface area contributed by atoms with Gasteiger partial charge in [-0.05, 0) is 38.1 Å². The van der Waals surface area contributed by atoms with Crippen molar-refractivity contribution in [1.29, 1.82) is 0 Å². The van der Waals surface area contributed by atoms with Crippen LogP contribution in [0.2, 0.25) is 0 Å². The summed E-state index contributed by atoms with van der Waals surface area (Å²) in [6.07, 6.45) is 3.11. The maximum Gasteiger partial charge on any atom is 0.261 e. The van der Waals surface area contributed by atoms with Crippen LogP contribution in [0.25, 0.3) is 0 Å². The highest BCUT2D eigenvalue weighted by atomic mass is 16.2. The predicted octanol–water partition coefficient (Wildman–Crippen LogP) is 4.20. The third kappa shape index (κ3) is 4.01. The van der Waals surface area contributed by atoms with Crippen molar-refractivity contribution in [2.75, 3.05) is 16.8 Å². The van der Waals surface area contributed by atoms with Crippen LogP contribution in [-0.4, -0.2) is 22.4 Å². The highest BCUT2D eigenvalue weighted by Crippen LogP contribution is 2.17. The molecule has 2 aromatic carbocycles. The number of benzene rings is 2. The van der Waals surface area contributed by atoms with Gasteiger partial charge in [-0.15, -0.1) is 0 Å². The van der Waals surface area contributed by atoms with Crippen molar-refractivity contribution >= 4 is 23.2 Å². The van der Waals surface area contributed by atoms with E-state index in [2.05, 4.69) is 15.3 Å². The number of aromatic nitrogens is 2. The third-order valence-corrected chi connectivity index (χ3v) is 3.84. The van der Waals surface area contributed by atoms with E-state index in [4.69, 9.17) is 0 Å². The number of anilines is 3. The standard InChI is InChI=1S/C20H20N4O/c1-3-24(18-7-5-4-6-8-18)19(25)16-13-21-20(22-14-16)23-17-11-9-15(2)10-12-17/h4-14H,3H2,1-2H3,(H,21,22,23). The van der Waals surface area contributed by atoms with Crippen LogP contribution in [0.3, 0.4) is 0 Å². The maximum atomic E-state index is 12.7. The molecule has 5 nitrogen and oxygen atoms in total. The quantitative estimate of drug-likeness (QED) is 0.761. The van der Waals surface area contributed by atoms with E-state index in [0.717, 1.165) is 11.4 Å². The van der Waals surface area contributed by atoms with E-state index in [9.17, 15) is 4.79 Å². The Kier molecular flexibility index (Phi) is 5.04. The number of amides is 1. The van der Waals surface area contributed by atoms with Crippen molar-refractivity contribution in [3.8, 4) is 0 Å². The number of nitrogens with zero attached hydrogens (tertiary/aromatic N) is 3. The van der Waals surface area contributed by atoms with Crippen molar-refractivity contribution in [2.24, 2.45) is 0 Å². The van der Waals surface area contributed by atoms with E-state index in [1.54, 1.807) is 17.3 Å². The largest absolute Gasteiger partial charge is 0.324 e. The summed E-state index contributed by atoms with van der Waals surface area (Å²) in [5.41, 5.74) is 3.41. The van der Waals surface area contributed by atoms with Gasteiger partial charge in [-0.25, -0.2) is 9.97 Å². The van der Waals surface area contributed by atoms with Gasteiger partial charge in [-0.3, -0.25) is 4.79 Å². The lowest BCUT2D eigenvalue weighted by molar-refractivity contribution is 0.0987. The Balaban J connectivity index is 1.74. The number of hydrogen-bond donors (Lipinski definition) is 1. The number of carbonyl (C=O) groups excluding carboxylic acids is 1. The molecular formula is C20H20N4O. The summed E-state index contributed by atoms with van der Waals surface area (Å²) in [6, 6.07) is 17.5. The van der Waals surface area contributed by atoms with Crippen molar-refractivity contribution in [3.05, 3.63) is 78.1 Å². The molecule has 0 saturated carbocycles. The normalized spacial score (nSPS) is 10.3. The molecule has 1 N–H and O–H groups in total. The van der Waals surface area contributed by atoms with Gasteiger partial charge in [-0.1, -0.05) is 35.9 Å². The molecule has 5 heteroatoms. The predicted molar refractivity (Wildman–Crippen MR) is 100 cm³/mol. The number of para-hydroxylation sites is 1. The zero-order valence-corrected chi connectivity index (χ0v) is 14.3. The fourth-order valence-electron chi connectivity index (χ4n) is 2.48. The van der Waals surface area contributed by atoms with Gasteiger partial charge >= 0.3 is 0 Å². The Morgan fingerprint density at radius 2 is 1.64 bits per heavy atom. The van der Waals surface area contributed by atoms with Crippen LogP contribution in [0.4, 0.5) is 17.3 Å². The van der Waals surface area contributed by atoms with Crippen LogP contribution >= 0.6 is 0 Å². The number of nitrogens with one attached hydrogen (secondary N) is 1. The fourth-order valence-corrected chi connectivity index (χ4v) is 2.48. The summed E-state index contributed by atoms with van der Waals surface area (Å²) in [5.74, 6) is 0.346. The lowest BCUT2D eigenvalue weighted by atomic mass is 10.2. The number of aryl methyl sites for hydroxylation is 1. The summed E-state index contributed by atoms with van der Waals surface area (Å²) < 4.78 is 0. The van der Waals surface area contributed by atoms with E-state index in [-0.39, 0.29) is 5.91 Å². The van der Waals surface area contributed by atoms with Crippen LogP contribution in [-0.2, 0) is 0 Å². The van der Waals surface area contributed by atoms with Gasteiger partial charge in [0.25, 0.3) is 5.91 Å². The lowest BCUT2D eigenvalue weighted by Crippen LogP contribution is -2.30. The monoisotopic (exact) mass is 332 g/mol. The van der Waals surface area contributed by atoms with E-state index in [0.29, 0.717) is 18.1 Å². The summed E-state index contributed by atoms with van der Waals surface area (Å²) in [4.78, 5) is 22.9. The van der Waals surface area contributed by atoms with Gasteiger partial charge in [-0.2, -0.15) is 0 Å². The summed E-state index contributed by atoms with van der Waals surface area (Å²) in [7, 11) is 0. The maximum absolute atomic E-state index is 12.7. The molecule has 1 aromatic heterocycles. The zero-order chi connectivity index (χ0) is 17.6. The van der Waals surface area contributed by atoms with Crippen molar-refractivity contribution in [2.45, 2.75) is 13.8 Å². The third-order valence-electron chi connectivity index (χ3n) is 3.84. The molecule has 3 rings (SSSR count). The minimum absolute atomic E-state index is 0.115. The van der Waals surface area contributed by atoms with E-state index in [1.807, 2.05) is 68.4 Å². The summed E-state index contributed by atoms with van der Waals surface area (Å²) >= 11 is 0. The molecule has 0 aliphatic heterocycles. The second-order valence-corrected chi connectivity index (χ2v) is 5.67. The van der Waals surface area contributed by atoms with Gasteiger partial charge in [0.15, 0.2) is 0 Å². The minimum atomic E-state index is -0.115. The Labute approximate surface area is 147 Å². The Morgan fingerprint density at radius 3 is 2.24 bits per heavy atom. The van der Waals surface area contributed by atoms with Gasteiger partial charge in [0.2, 0.25) is 5.95 Å². The van der Waals surface area contributed by atoms with Crippen molar-refractivity contribution in [1.82, 2.24) is 9.97 Å². The molecule has 0 aliphatic carbocycles. The number of hydrogen-bond acceptors (Lipinski definition) is 4. The molecule has 1 heterocycles. The van der Waals surface area contributed by atoms with Gasteiger partial charge in [0.1, 0.15) is 0 Å². The molecule has 1 amide bonds.